The number of amides is 2. The SMILES string of the molecule is CCNC(=O)N1CCC(N(CC(=O)O)Cc2cc(Cl)ccc2OC)CC1.Cl. The van der Waals surface area contributed by atoms with Crippen molar-refractivity contribution in [1.82, 2.24) is 15.1 Å². The number of carbonyl (C=O) groups excluding carboxylic acids is 1. The zero-order valence-electron chi connectivity index (χ0n) is 15.6. The van der Waals surface area contributed by atoms with E-state index in [1.54, 1.807) is 30.2 Å². The highest BCUT2D eigenvalue weighted by Crippen LogP contribution is 2.26. The minimum atomic E-state index is -0.878. The molecule has 0 radical (unpaired) electrons. The van der Waals surface area contributed by atoms with Gasteiger partial charge in [-0.3, -0.25) is 9.69 Å². The lowest BCUT2D eigenvalue weighted by atomic mass is 10.0. The highest BCUT2D eigenvalue weighted by Gasteiger charge is 2.28. The number of nitrogens with zero attached hydrogens (tertiary/aromatic N) is 2. The van der Waals surface area contributed by atoms with Crippen LogP contribution in [0.3, 0.4) is 0 Å². The zero-order valence-corrected chi connectivity index (χ0v) is 17.2. The van der Waals surface area contributed by atoms with Gasteiger partial charge in [0.25, 0.3) is 0 Å². The van der Waals surface area contributed by atoms with Gasteiger partial charge < -0.3 is 20.1 Å². The molecule has 1 heterocycles. The molecule has 1 aromatic carbocycles. The van der Waals surface area contributed by atoms with E-state index >= 15 is 0 Å². The van der Waals surface area contributed by atoms with Crippen LogP contribution in [0.2, 0.25) is 5.02 Å². The largest absolute Gasteiger partial charge is 0.496 e. The van der Waals surface area contributed by atoms with Gasteiger partial charge in [-0.05, 0) is 38.0 Å². The smallest absolute Gasteiger partial charge is 0.317 e. The topological polar surface area (TPSA) is 82.1 Å². The molecule has 0 bridgehead atoms. The fourth-order valence-electron chi connectivity index (χ4n) is 3.27. The second-order valence-electron chi connectivity index (χ2n) is 6.31. The molecule has 0 spiro atoms. The van der Waals surface area contributed by atoms with Crippen molar-refractivity contribution >= 4 is 36.0 Å². The molecule has 2 rings (SSSR count). The summed E-state index contributed by atoms with van der Waals surface area (Å²) in [6, 6.07) is 5.36. The fraction of sp³-hybridized carbons (Fsp3) is 0.556. The van der Waals surface area contributed by atoms with Gasteiger partial charge in [0.15, 0.2) is 0 Å². The molecule has 0 unspecified atom stereocenters. The lowest BCUT2D eigenvalue weighted by Gasteiger charge is -2.38. The number of carbonyl (C=O) groups is 2. The van der Waals surface area contributed by atoms with E-state index in [-0.39, 0.29) is 31.0 Å². The van der Waals surface area contributed by atoms with E-state index in [2.05, 4.69) is 5.32 Å². The Bertz CT molecular complexity index is 637. The van der Waals surface area contributed by atoms with Crippen molar-refractivity contribution in [3.05, 3.63) is 28.8 Å². The number of aliphatic carboxylic acids is 1. The summed E-state index contributed by atoms with van der Waals surface area (Å²) in [6.07, 6.45) is 1.46. The maximum atomic E-state index is 11.9. The number of halogens is 2. The van der Waals surface area contributed by atoms with E-state index < -0.39 is 5.97 Å². The molecule has 1 fully saturated rings. The molecule has 1 aromatic rings. The van der Waals surface area contributed by atoms with Crippen molar-refractivity contribution in [3.8, 4) is 5.75 Å². The molecule has 2 N–H and O–H groups in total. The lowest BCUT2D eigenvalue weighted by Crippen LogP contribution is -2.50. The quantitative estimate of drug-likeness (QED) is 0.709. The summed E-state index contributed by atoms with van der Waals surface area (Å²) in [5.41, 5.74) is 0.854. The Morgan fingerprint density at radius 1 is 1.37 bits per heavy atom. The summed E-state index contributed by atoms with van der Waals surface area (Å²) in [5.74, 6) is -0.193. The number of benzene rings is 1. The average Bonchev–Trinajstić information content (AvgIpc) is 2.61. The number of piperidine rings is 1. The van der Waals surface area contributed by atoms with E-state index in [1.165, 1.54) is 0 Å². The molecule has 27 heavy (non-hydrogen) atoms. The van der Waals surface area contributed by atoms with Crippen LogP contribution >= 0.6 is 24.0 Å². The summed E-state index contributed by atoms with van der Waals surface area (Å²) >= 11 is 6.09. The maximum Gasteiger partial charge on any atom is 0.317 e. The number of ether oxygens (including phenoxy) is 1. The second-order valence-corrected chi connectivity index (χ2v) is 6.75. The summed E-state index contributed by atoms with van der Waals surface area (Å²) in [7, 11) is 1.58. The first-order chi connectivity index (χ1) is 12.4. The van der Waals surface area contributed by atoms with E-state index in [4.69, 9.17) is 16.3 Å². The molecular formula is C18H27Cl2N3O4. The number of nitrogens with one attached hydrogen (secondary N) is 1. The van der Waals surface area contributed by atoms with Crippen molar-refractivity contribution in [2.75, 3.05) is 33.3 Å². The van der Waals surface area contributed by atoms with Crippen LogP contribution in [-0.4, -0.2) is 66.2 Å². The molecule has 9 heteroatoms. The van der Waals surface area contributed by atoms with Gasteiger partial charge in [-0.25, -0.2) is 4.79 Å². The van der Waals surface area contributed by atoms with Crippen LogP contribution in [0.1, 0.15) is 25.3 Å². The predicted octanol–water partition coefficient (Wildman–Crippen LogP) is 2.85. The molecule has 0 aromatic heterocycles. The molecule has 0 saturated carbocycles. The van der Waals surface area contributed by atoms with Gasteiger partial charge in [-0.2, -0.15) is 0 Å². The summed E-state index contributed by atoms with van der Waals surface area (Å²) in [4.78, 5) is 27.0. The third-order valence-corrected chi connectivity index (χ3v) is 4.79. The van der Waals surface area contributed by atoms with E-state index in [1.807, 2.05) is 11.8 Å². The van der Waals surface area contributed by atoms with Gasteiger partial charge in [0.2, 0.25) is 0 Å². The maximum absolute atomic E-state index is 11.9. The third kappa shape index (κ3) is 6.75. The molecule has 152 valence electrons. The standard InChI is InChI=1S/C18H26ClN3O4.ClH/c1-3-20-18(25)21-8-6-15(7-9-21)22(12-17(23)24)11-13-10-14(19)4-5-16(13)26-2;/h4-5,10,15H,3,6-9,11-12H2,1-2H3,(H,20,25)(H,23,24);1H. The number of methoxy groups -OCH3 is 1. The molecule has 7 nitrogen and oxygen atoms in total. The number of urea groups is 1. The summed E-state index contributed by atoms with van der Waals surface area (Å²) in [5, 5.41) is 12.7. The van der Waals surface area contributed by atoms with Crippen LogP contribution < -0.4 is 10.1 Å². The van der Waals surface area contributed by atoms with Gasteiger partial charge in [0.05, 0.1) is 13.7 Å². The van der Waals surface area contributed by atoms with Gasteiger partial charge in [0, 0.05) is 42.8 Å². The minimum absolute atomic E-state index is 0. The van der Waals surface area contributed by atoms with Crippen molar-refractivity contribution in [3.63, 3.8) is 0 Å². The Balaban J connectivity index is 0.00000364. The van der Waals surface area contributed by atoms with Gasteiger partial charge >= 0.3 is 12.0 Å². The number of carboxylic acid groups (broad SMARTS) is 1. The Labute approximate surface area is 171 Å². The lowest BCUT2D eigenvalue weighted by molar-refractivity contribution is -0.139. The second kappa shape index (κ2) is 11.2. The van der Waals surface area contributed by atoms with Gasteiger partial charge in [0.1, 0.15) is 5.75 Å². The monoisotopic (exact) mass is 419 g/mol. The molecule has 1 aliphatic heterocycles. The average molecular weight is 420 g/mol. The Hall–Kier alpha value is -1.70. The normalized spacial score (nSPS) is 14.6. The van der Waals surface area contributed by atoms with Gasteiger partial charge in [-0.15, -0.1) is 12.4 Å². The Kier molecular flexibility index (Phi) is 9.69. The molecule has 1 aliphatic rings. The molecule has 0 aliphatic carbocycles. The third-order valence-electron chi connectivity index (χ3n) is 4.55. The van der Waals surface area contributed by atoms with Crippen LogP contribution in [-0.2, 0) is 11.3 Å². The van der Waals surface area contributed by atoms with Gasteiger partial charge in [-0.1, -0.05) is 11.6 Å². The van der Waals surface area contributed by atoms with Crippen molar-refractivity contribution in [2.45, 2.75) is 32.4 Å². The molecule has 1 saturated heterocycles. The van der Waals surface area contributed by atoms with Crippen molar-refractivity contribution in [2.24, 2.45) is 0 Å². The molecular weight excluding hydrogens is 393 g/mol. The van der Waals surface area contributed by atoms with Crippen LogP contribution in [0.4, 0.5) is 4.79 Å². The summed E-state index contributed by atoms with van der Waals surface area (Å²) < 4.78 is 5.38. The summed E-state index contributed by atoms with van der Waals surface area (Å²) in [6.45, 7) is 4.07. The highest BCUT2D eigenvalue weighted by molar-refractivity contribution is 6.30. The van der Waals surface area contributed by atoms with E-state index in [0.717, 1.165) is 18.4 Å². The fourth-order valence-corrected chi connectivity index (χ4v) is 3.47. The number of hydrogen-bond donors (Lipinski definition) is 2. The first kappa shape index (κ1) is 23.3. The Morgan fingerprint density at radius 2 is 2.04 bits per heavy atom. The van der Waals surface area contributed by atoms with Crippen molar-refractivity contribution < 1.29 is 19.4 Å². The minimum Gasteiger partial charge on any atom is -0.496 e. The van der Waals surface area contributed by atoms with Crippen molar-refractivity contribution in [1.29, 1.82) is 0 Å². The van der Waals surface area contributed by atoms with Crippen LogP contribution in [0.25, 0.3) is 0 Å². The number of rotatable bonds is 7. The zero-order chi connectivity index (χ0) is 19.1. The first-order valence-corrected chi connectivity index (χ1v) is 9.13. The van der Waals surface area contributed by atoms with Crippen LogP contribution in [0.15, 0.2) is 18.2 Å². The molecule has 0 atom stereocenters. The predicted molar refractivity (Wildman–Crippen MR) is 107 cm³/mol. The molecule has 2 amide bonds. The first-order valence-electron chi connectivity index (χ1n) is 8.75. The number of carboxylic acids is 1. The number of likely N-dealkylation sites (tertiary alicyclic amines) is 1. The van der Waals surface area contributed by atoms with Crippen LogP contribution in [0, 0.1) is 0 Å². The highest BCUT2D eigenvalue weighted by atomic mass is 35.5. The van der Waals surface area contributed by atoms with E-state index in [0.29, 0.717) is 37.0 Å². The van der Waals surface area contributed by atoms with Crippen LogP contribution in [0.5, 0.6) is 5.75 Å². The Morgan fingerprint density at radius 3 is 2.59 bits per heavy atom. The number of hydrogen-bond acceptors (Lipinski definition) is 4. The van der Waals surface area contributed by atoms with E-state index in [9.17, 15) is 14.7 Å².